The van der Waals surface area contributed by atoms with Crippen LogP contribution in [0.2, 0.25) is 0 Å². The maximum Gasteiger partial charge on any atom is 0.250 e. The van der Waals surface area contributed by atoms with Crippen LogP contribution in [0, 0.1) is 13.8 Å². The van der Waals surface area contributed by atoms with Crippen molar-refractivity contribution < 1.29 is 9.59 Å². The lowest BCUT2D eigenvalue weighted by molar-refractivity contribution is 0.0999. The third kappa shape index (κ3) is 3.61. The average Bonchev–Trinajstić information content (AvgIpc) is 2.50. The molecule has 0 spiro atoms. The van der Waals surface area contributed by atoms with Gasteiger partial charge in [-0.1, -0.05) is 29.8 Å². The van der Waals surface area contributed by atoms with Crippen molar-refractivity contribution in [2.75, 3.05) is 5.32 Å². The highest BCUT2D eigenvalue weighted by Crippen LogP contribution is 2.15. The van der Waals surface area contributed by atoms with Gasteiger partial charge in [-0.15, -0.1) is 0 Å². The lowest BCUT2D eigenvalue weighted by atomic mass is 10.0. The average molecular weight is 294 g/mol. The molecule has 0 aliphatic rings. The van der Waals surface area contributed by atoms with Crippen LogP contribution < -0.4 is 11.1 Å². The molecule has 0 unspecified atom stereocenters. The SMILES string of the molecule is Cc1ccc(C)c(C(=O)/C=C/Nc2ccccc2C(N)=O)c1. The zero-order valence-electron chi connectivity index (χ0n) is 12.6. The van der Waals surface area contributed by atoms with Crippen molar-refractivity contribution in [2.45, 2.75) is 13.8 Å². The van der Waals surface area contributed by atoms with Crippen LogP contribution in [0.15, 0.2) is 54.7 Å². The zero-order chi connectivity index (χ0) is 16.1. The highest BCUT2D eigenvalue weighted by molar-refractivity contribution is 6.06. The second-order valence-electron chi connectivity index (χ2n) is 5.07. The first-order chi connectivity index (χ1) is 10.5. The summed E-state index contributed by atoms with van der Waals surface area (Å²) in [6.07, 6.45) is 2.96. The Morgan fingerprint density at radius 1 is 1.05 bits per heavy atom. The number of nitrogens with two attached hydrogens (primary N) is 1. The molecule has 0 saturated carbocycles. The maximum atomic E-state index is 12.2. The molecule has 2 aromatic carbocycles. The molecule has 0 aliphatic heterocycles. The van der Waals surface area contributed by atoms with Crippen LogP contribution in [0.3, 0.4) is 0 Å². The Balaban J connectivity index is 2.15. The number of allylic oxidation sites excluding steroid dienone is 1. The van der Waals surface area contributed by atoms with E-state index in [1.165, 1.54) is 12.3 Å². The number of rotatable bonds is 5. The van der Waals surface area contributed by atoms with E-state index in [9.17, 15) is 9.59 Å². The molecule has 0 aliphatic carbocycles. The minimum atomic E-state index is -0.516. The number of ketones is 1. The topological polar surface area (TPSA) is 72.2 Å². The van der Waals surface area contributed by atoms with Crippen molar-refractivity contribution in [3.63, 3.8) is 0 Å². The molecule has 0 radical (unpaired) electrons. The Morgan fingerprint density at radius 2 is 1.77 bits per heavy atom. The fourth-order valence-corrected chi connectivity index (χ4v) is 2.12. The Bertz CT molecular complexity index is 749. The Morgan fingerprint density at radius 3 is 2.50 bits per heavy atom. The first-order valence-electron chi connectivity index (χ1n) is 6.92. The lowest BCUT2D eigenvalue weighted by Crippen LogP contribution is -2.13. The van der Waals surface area contributed by atoms with Gasteiger partial charge in [-0.2, -0.15) is 0 Å². The maximum absolute atomic E-state index is 12.2. The highest BCUT2D eigenvalue weighted by atomic mass is 16.1. The van der Waals surface area contributed by atoms with Gasteiger partial charge in [-0.25, -0.2) is 0 Å². The lowest BCUT2D eigenvalue weighted by Gasteiger charge is -2.06. The molecule has 0 aromatic heterocycles. The molecule has 4 heteroatoms. The van der Waals surface area contributed by atoms with Gasteiger partial charge in [0, 0.05) is 17.8 Å². The molecular formula is C18H18N2O2. The summed E-state index contributed by atoms with van der Waals surface area (Å²) in [5.41, 5.74) is 8.89. The summed E-state index contributed by atoms with van der Waals surface area (Å²) in [4.78, 5) is 23.5. The van der Waals surface area contributed by atoms with Gasteiger partial charge in [0.1, 0.15) is 0 Å². The smallest absolute Gasteiger partial charge is 0.250 e. The molecule has 0 saturated heterocycles. The number of primary amides is 1. The van der Waals surface area contributed by atoms with E-state index in [-0.39, 0.29) is 5.78 Å². The monoisotopic (exact) mass is 294 g/mol. The van der Waals surface area contributed by atoms with Gasteiger partial charge in [0.05, 0.1) is 11.3 Å². The van der Waals surface area contributed by atoms with Gasteiger partial charge >= 0.3 is 0 Å². The molecule has 0 heterocycles. The van der Waals surface area contributed by atoms with Gasteiger partial charge in [0.15, 0.2) is 5.78 Å². The number of anilines is 1. The van der Waals surface area contributed by atoms with E-state index in [0.717, 1.165) is 11.1 Å². The van der Waals surface area contributed by atoms with E-state index >= 15 is 0 Å². The van der Waals surface area contributed by atoms with Crippen LogP contribution in [0.25, 0.3) is 0 Å². The Hall–Kier alpha value is -2.88. The van der Waals surface area contributed by atoms with Gasteiger partial charge in [0.25, 0.3) is 5.91 Å². The van der Waals surface area contributed by atoms with Crippen molar-refractivity contribution >= 4 is 17.4 Å². The molecule has 2 rings (SSSR count). The number of nitrogens with one attached hydrogen (secondary N) is 1. The minimum Gasteiger partial charge on any atom is -0.366 e. The van der Waals surface area contributed by atoms with Gasteiger partial charge in [-0.05, 0) is 37.6 Å². The number of amides is 1. The summed E-state index contributed by atoms with van der Waals surface area (Å²) in [5, 5.41) is 2.93. The van der Waals surface area contributed by atoms with E-state index in [2.05, 4.69) is 5.32 Å². The number of hydrogen-bond acceptors (Lipinski definition) is 3. The van der Waals surface area contributed by atoms with Crippen LogP contribution in [0.5, 0.6) is 0 Å². The van der Waals surface area contributed by atoms with E-state index in [0.29, 0.717) is 16.8 Å². The normalized spacial score (nSPS) is 10.6. The number of benzene rings is 2. The molecule has 0 atom stereocenters. The second-order valence-corrected chi connectivity index (χ2v) is 5.07. The number of aryl methyl sites for hydroxylation is 2. The number of para-hydroxylation sites is 1. The third-order valence-corrected chi connectivity index (χ3v) is 3.32. The largest absolute Gasteiger partial charge is 0.366 e. The fourth-order valence-electron chi connectivity index (χ4n) is 2.12. The quantitative estimate of drug-likeness (QED) is 0.657. The summed E-state index contributed by atoms with van der Waals surface area (Å²) in [6, 6.07) is 12.6. The summed E-state index contributed by atoms with van der Waals surface area (Å²) in [6.45, 7) is 3.84. The van der Waals surface area contributed by atoms with Gasteiger partial charge in [-0.3, -0.25) is 9.59 Å². The van der Waals surface area contributed by atoms with Crippen LogP contribution in [-0.4, -0.2) is 11.7 Å². The van der Waals surface area contributed by atoms with Crippen LogP contribution >= 0.6 is 0 Å². The Kier molecular flexibility index (Phi) is 4.73. The van der Waals surface area contributed by atoms with Crippen LogP contribution in [0.4, 0.5) is 5.69 Å². The summed E-state index contributed by atoms with van der Waals surface area (Å²) in [7, 11) is 0. The summed E-state index contributed by atoms with van der Waals surface area (Å²) < 4.78 is 0. The van der Waals surface area contributed by atoms with E-state index in [1.807, 2.05) is 32.0 Å². The van der Waals surface area contributed by atoms with Crippen molar-refractivity contribution in [2.24, 2.45) is 5.73 Å². The van der Waals surface area contributed by atoms with Crippen LogP contribution in [0.1, 0.15) is 31.8 Å². The number of carbonyl (C=O) groups is 2. The minimum absolute atomic E-state index is 0.0924. The van der Waals surface area contributed by atoms with E-state index < -0.39 is 5.91 Å². The number of carbonyl (C=O) groups excluding carboxylic acids is 2. The van der Waals surface area contributed by atoms with E-state index in [1.54, 1.807) is 24.3 Å². The standard InChI is InChI=1S/C18H18N2O2/c1-12-7-8-13(2)15(11-12)17(21)9-10-20-16-6-4-3-5-14(16)18(19)22/h3-11,20H,1-2H3,(H2,19,22)/b10-9+. The molecule has 4 nitrogen and oxygen atoms in total. The number of hydrogen-bond donors (Lipinski definition) is 2. The summed E-state index contributed by atoms with van der Waals surface area (Å²) >= 11 is 0. The first kappa shape index (κ1) is 15.5. The van der Waals surface area contributed by atoms with Crippen molar-refractivity contribution in [3.05, 3.63) is 77.0 Å². The zero-order valence-corrected chi connectivity index (χ0v) is 12.6. The van der Waals surface area contributed by atoms with Gasteiger partial charge in [0.2, 0.25) is 0 Å². The van der Waals surface area contributed by atoms with Crippen molar-refractivity contribution in [3.8, 4) is 0 Å². The van der Waals surface area contributed by atoms with Crippen LogP contribution in [-0.2, 0) is 0 Å². The molecular weight excluding hydrogens is 276 g/mol. The predicted molar refractivity (Wildman–Crippen MR) is 88.0 cm³/mol. The molecule has 1 amide bonds. The molecule has 22 heavy (non-hydrogen) atoms. The summed E-state index contributed by atoms with van der Waals surface area (Å²) in [5.74, 6) is -0.609. The first-order valence-corrected chi connectivity index (χ1v) is 6.92. The second kappa shape index (κ2) is 6.72. The molecule has 3 N–H and O–H groups in total. The van der Waals surface area contributed by atoms with Crippen molar-refractivity contribution in [1.82, 2.24) is 0 Å². The molecule has 112 valence electrons. The fraction of sp³-hybridized carbons (Fsp3) is 0.111. The highest BCUT2D eigenvalue weighted by Gasteiger charge is 2.07. The molecule has 2 aromatic rings. The molecule has 0 bridgehead atoms. The predicted octanol–water partition coefficient (Wildman–Crippen LogP) is 3.21. The Labute approximate surface area is 129 Å². The van der Waals surface area contributed by atoms with Gasteiger partial charge < -0.3 is 11.1 Å². The third-order valence-electron chi connectivity index (χ3n) is 3.32. The van der Waals surface area contributed by atoms with Crippen molar-refractivity contribution in [1.29, 1.82) is 0 Å². The van der Waals surface area contributed by atoms with E-state index in [4.69, 9.17) is 5.73 Å². The molecule has 0 fully saturated rings.